The van der Waals surface area contributed by atoms with Gasteiger partial charge in [0, 0.05) is 37.7 Å². The van der Waals surface area contributed by atoms with Gasteiger partial charge in [0.05, 0.1) is 19.3 Å². The molecule has 0 radical (unpaired) electrons. The molecule has 6 heteroatoms. The largest absolute Gasteiger partial charge is 0.465 e. The van der Waals surface area contributed by atoms with Crippen molar-refractivity contribution in [2.45, 2.75) is 44.8 Å². The smallest absolute Gasteiger partial charge is 0.320 e. The van der Waals surface area contributed by atoms with E-state index in [0.29, 0.717) is 12.8 Å². The van der Waals surface area contributed by atoms with Crippen LogP contribution in [0.1, 0.15) is 43.7 Å². The fraction of sp³-hybridized carbons (Fsp3) is 0.500. The van der Waals surface area contributed by atoms with Gasteiger partial charge in [-0.25, -0.2) is 0 Å². The van der Waals surface area contributed by atoms with Gasteiger partial charge >= 0.3 is 11.9 Å². The van der Waals surface area contributed by atoms with Crippen LogP contribution in [0.4, 0.5) is 5.69 Å². The second-order valence-electron chi connectivity index (χ2n) is 9.19. The number of hydrogen-bond acceptors (Lipinski definition) is 6. The molecule has 6 nitrogen and oxygen atoms in total. The number of anilines is 1. The molecule has 0 N–H and O–H groups in total. The van der Waals surface area contributed by atoms with Crippen LogP contribution in [0.2, 0.25) is 0 Å². The van der Waals surface area contributed by atoms with Crippen LogP contribution in [0.25, 0.3) is 0 Å². The van der Waals surface area contributed by atoms with Gasteiger partial charge in [-0.1, -0.05) is 48.5 Å². The highest BCUT2D eigenvalue weighted by molar-refractivity contribution is 5.95. The summed E-state index contributed by atoms with van der Waals surface area (Å²) in [7, 11) is 3.84. The van der Waals surface area contributed by atoms with Gasteiger partial charge in [-0.05, 0) is 49.8 Å². The molecule has 0 aromatic heterocycles. The summed E-state index contributed by atoms with van der Waals surface area (Å²) >= 11 is 0. The number of nitrogens with zero attached hydrogens (tertiary/aromatic N) is 1. The van der Waals surface area contributed by atoms with Crippen molar-refractivity contribution >= 4 is 17.6 Å². The van der Waals surface area contributed by atoms with Crippen LogP contribution in [-0.2, 0) is 23.8 Å². The number of esters is 2. The Morgan fingerprint density at radius 2 is 1.56 bits per heavy atom. The van der Waals surface area contributed by atoms with Gasteiger partial charge in [0.2, 0.25) is 0 Å². The predicted octanol–water partition coefficient (Wildman–Crippen LogP) is 4.42. The number of hydrogen-bond donors (Lipinski definition) is 0. The molecule has 1 heterocycles. The standard InChI is InChI=1S/C28H35NO5/c1-5-33-27(30)25(28(31)34-6-2)19-16-22-26(23(17-19)32-4)24(18-12-8-7-9-13-18)20-14-10-11-15-21(20)29(22)3/h7-15,19,22-26H,5-6,16-17H2,1-4H3/t19-,22+,23-,24+,26-/m0/s1. The molecular formula is C28H35NO5. The highest BCUT2D eigenvalue weighted by Gasteiger charge is 2.52. The molecule has 0 amide bonds. The molecule has 4 rings (SSSR count). The number of benzene rings is 2. The van der Waals surface area contributed by atoms with Crippen LogP contribution in [0.5, 0.6) is 0 Å². The third-order valence-electron chi connectivity index (χ3n) is 7.50. The van der Waals surface area contributed by atoms with Gasteiger partial charge in [-0.15, -0.1) is 0 Å². The average Bonchev–Trinajstić information content (AvgIpc) is 2.85. The van der Waals surface area contributed by atoms with Gasteiger partial charge in [0.15, 0.2) is 5.92 Å². The number of para-hydroxylation sites is 1. The summed E-state index contributed by atoms with van der Waals surface area (Å²) in [6.45, 7) is 3.96. The fourth-order valence-electron chi connectivity index (χ4n) is 6.11. The molecule has 0 unspecified atom stereocenters. The Bertz CT molecular complexity index is 975. The first-order chi connectivity index (χ1) is 16.5. The van der Waals surface area contributed by atoms with E-state index in [2.05, 4.69) is 60.5 Å². The lowest BCUT2D eigenvalue weighted by atomic mass is 9.62. The molecule has 34 heavy (non-hydrogen) atoms. The van der Waals surface area contributed by atoms with Crippen LogP contribution >= 0.6 is 0 Å². The van der Waals surface area contributed by atoms with Crippen LogP contribution in [0.3, 0.4) is 0 Å². The predicted molar refractivity (Wildman–Crippen MR) is 131 cm³/mol. The minimum absolute atomic E-state index is 0.0927. The lowest BCUT2D eigenvalue weighted by molar-refractivity contribution is -0.166. The van der Waals surface area contributed by atoms with E-state index in [9.17, 15) is 9.59 Å². The molecule has 1 fully saturated rings. The van der Waals surface area contributed by atoms with Crippen LogP contribution < -0.4 is 4.90 Å². The SMILES string of the molecule is CCOC(=O)C(C(=O)OCC)[C@@H]1C[C@H](OC)[C@H]2[C@H](c3ccccc3)c3ccccc3N(C)[C@@H]2C1. The molecule has 0 bridgehead atoms. The molecular weight excluding hydrogens is 430 g/mol. The van der Waals surface area contributed by atoms with Gasteiger partial charge in [-0.2, -0.15) is 0 Å². The molecule has 182 valence electrons. The van der Waals surface area contributed by atoms with E-state index in [4.69, 9.17) is 14.2 Å². The van der Waals surface area contributed by atoms with Crippen molar-refractivity contribution < 1.29 is 23.8 Å². The zero-order valence-electron chi connectivity index (χ0n) is 20.5. The number of carbonyl (C=O) groups is 2. The molecule has 0 saturated heterocycles. The summed E-state index contributed by atoms with van der Waals surface area (Å²) in [5, 5.41) is 0. The Hall–Kier alpha value is -2.86. The number of methoxy groups -OCH3 is 1. The van der Waals surface area contributed by atoms with E-state index >= 15 is 0 Å². The normalized spacial score (nSPS) is 25.9. The monoisotopic (exact) mass is 465 g/mol. The van der Waals surface area contributed by atoms with Crippen molar-refractivity contribution in [1.82, 2.24) is 0 Å². The van der Waals surface area contributed by atoms with Gasteiger partial charge < -0.3 is 19.1 Å². The molecule has 1 aliphatic heterocycles. The topological polar surface area (TPSA) is 65.1 Å². The van der Waals surface area contributed by atoms with Crippen LogP contribution in [-0.4, -0.2) is 51.5 Å². The molecule has 1 saturated carbocycles. The maximum absolute atomic E-state index is 12.9. The van der Waals surface area contributed by atoms with Gasteiger partial charge in [-0.3, -0.25) is 9.59 Å². The van der Waals surface area contributed by atoms with E-state index in [-0.39, 0.29) is 43.1 Å². The molecule has 2 aromatic rings. The Morgan fingerprint density at radius 3 is 2.18 bits per heavy atom. The molecule has 0 spiro atoms. The first-order valence-electron chi connectivity index (χ1n) is 12.2. The Kier molecular flexibility index (Phi) is 7.57. The van der Waals surface area contributed by atoms with E-state index in [1.165, 1.54) is 16.8 Å². The van der Waals surface area contributed by atoms with Crippen molar-refractivity contribution in [3.05, 3.63) is 65.7 Å². The quantitative estimate of drug-likeness (QED) is 0.446. The number of rotatable bonds is 7. The highest BCUT2D eigenvalue weighted by Crippen LogP contribution is 2.52. The summed E-state index contributed by atoms with van der Waals surface area (Å²) in [6, 6.07) is 19.2. The summed E-state index contributed by atoms with van der Waals surface area (Å²) in [5.74, 6) is -1.84. The highest BCUT2D eigenvalue weighted by atomic mass is 16.6. The van der Waals surface area contributed by atoms with Crippen molar-refractivity contribution in [1.29, 1.82) is 0 Å². The van der Waals surface area contributed by atoms with Crippen molar-refractivity contribution in [2.24, 2.45) is 17.8 Å². The lowest BCUT2D eigenvalue weighted by Crippen LogP contribution is -2.56. The Balaban J connectivity index is 1.76. The minimum atomic E-state index is -0.945. The Morgan fingerprint density at radius 1 is 0.941 bits per heavy atom. The van der Waals surface area contributed by atoms with Crippen molar-refractivity contribution in [3.63, 3.8) is 0 Å². The van der Waals surface area contributed by atoms with E-state index in [1.54, 1.807) is 21.0 Å². The summed E-state index contributed by atoms with van der Waals surface area (Å²) in [4.78, 5) is 28.1. The van der Waals surface area contributed by atoms with Crippen molar-refractivity contribution in [2.75, 3.05) is 32.3 Å². The minimum Gasteiger partial charge on any atom is -0.465 e. The summed E-state index contributed by atoms with van der Waals surface area (Å²) < 4.78 is 16.7. The maximum atomic E-state index is 12.9. The molecule has 2 aliphatic rings. The van der Waals surface area contributed by atoms with Crippen LogP contribution in [0.15, 0.2) is 54.6 Å². The second kappa shape index (κ2) is 10.6. The van der Waals surface area contributed by atoms with E-state index in [0.717, 1.165) is 0 Å². The fourth-order valence-corrected chi connectivity index (χ4v) is 6.11. The third-order valence-corrected chi connectivity index (χ3v) is 7.50. The Labute approximate surface area is 202 Å². The molecule has 2 aromatic carbocycles. The first kappa shape index (κ1) is 24.3. The zero-order valence-corrected chi connectivity index (χ0v) is 20.5. The first-order valence-corrected chi connectivity index (χ1v) is 12.2. The number of ether oxygens (including phenoxy) is 3. The van der Waals surface area contributed by atoms with Crippen LogP contribution in [0, 0.1) is 17.8 Å². The van der Waals surface area contributed by atoms with Gasteiger partial charge in [0.1, 0.15) is 0 Å². The van der Waals surface area contributed by atoms with Crippen molar-refractivity contribution in [3.8, 4) is 0 Å². The zero-order chi connectivity index (χ0) is 24.2. The van der Waals surface area contributed by atoms with E-state index < -0.39 is 17.9 Å². The molecule has 1 aliphatic carbocycles. The second-order valence-corrected chi connectivity index (χ2v) is 9.19. The lowest BCUT2D eigenvalue weighted by Gasteiger charge is -2.53. The number of carbonyl (C=O) groups excluding carboxylic acids is 2. The third kappa shape index (κ3) is 4.43. The van der Waals surface area contributed by atoms with Gasteiger partial charge in [0.25, 0.3) is 0 Å². The maximum Gasteiger partial charge on any atom is 0.320 e. The number of fused-ring (bicyclic) bond motifs is 2. The summed E-state index contributed by atoms with van der Waals surface area (Å²) in [5.41, 5.74) is 3.72. The van der Waals surface area contributed by atoms with E-state index in [1.807, 2.05) is 6.07 Å². The average molecular weight is 466 g/mol. The summed E-state index contributed by atoms with van der Waals surface area (Å²) in [6.07, 6.45) is 1.15. The molecule has 5 atom stereocenters.